The van der Waals surface area contributed by atoms with Gasteiger partial charge in [-0.25, -0.2) is 0 Å². The SMILES string of the molecule is CCCCCCCCC(O)c1ccc2cc(Br)ccc2c1. The Morgan fingerprint density at radius 1 is 0.905 bits per heavy atom. The summed E-state index contributed by atoms with van der Waals surface area (Å²) in [6.07, 6.45) is 8.14. The molecule has 0 saturated carbocycles. The number of aliphatic hydroxyl groups is 1. The lowest BCUT2D eigenvalue weighted by Gasteiger charge is -2.12. The molecule has 2 rings (SSSR count). The van der Waals surface area contributed by atoms with Crippen molar-refractivity contribution in [1.29, 1.82) is 0 Å². The van der Waals surface area contributed by atoms with Gasteiger partial charge in [-0.15, -0.1) is 0 Å². The minimum Gasteiger partial charge on any atom is -0.388 e. The number of fused-ring (bicyclic) bond motifs is 1. The third-order valence-electron chi connectivity index (χ3n) is 4.04. The summed E-state index contributed by atoms with van der Waals surface area (Å²) in [4.78, 5) is 0. The molecule has 0 saturated heterocycles. The molecule has 2 aromatic carbocycles. The highest BCUT2D eigenvalue weighted by molar-refractivity contribution is 9.10. The van der Waals surface area contributed by atoms with E-state index < -0.39 is 0 Å². The van der Waals surface area contributed by atoms with Crippen LogP contribution in [0.25, 0.3) is 10.8 Å². The second-order valence-corrected chi connectivity index (χ2v) is 6.74. The Morgan fingerprint density at radius 3 is 2.38 bits per heavy atom. The van der Waals surface area contributed by atoms with E-state index in [1.54, 1.807) is 0 Å². The van der Waals surface area contributed by atoms with E-state index in [4.69, 9.17) is 0 Å². The van der Waals surface area contributed by atoms with E-state index >= 15 is 0 Å². The molecule has 0 radical (unpaired) electrons. The van der Waals surface area contributed by atoms with Crippen molar-refractivity contribution in [2.75, 3.05) is 0 Å². The molecule has 0 aromatic heterocycles. The molecule has 0 spiro atoms. The van der Waals surface area contributed by atoms with Gasteiger partial charge in [-0.1, -0.05) is 79.6 Å². The van der Waals surface area contributed by atoms with Crippen molar-refractivity contribution in [1.82, 2.24) is 0 Å². The highest BCUT2D eigenvalue weighted by Crippen LogP contribution is 2.26. The van der Waals surface area contributed by atoms with Crippen LogP contribution >= 0.6 is 15.9 Å². The molecule has 21 heavy (non-hydrogen) atoms. The van der Waals surface area contributed by atoms with Crippen LogP contribution in [-0.4, -0.2) is 5.11 Å². The molecule has 2 heteroatoms. The van der Waals surface area contributed by atoms with Crippen molar-refractivity contribution in [3.05, 3.63) is 46.4 Å². The molecule has 0 bridgehead atoms. The van der Waals surface area contributed by atoms with Crippen molar-refractivity contribution in [2.24, 2.45) is 0 Å². The topological polar surface area (TPSA) is 20.2 Å². The highest BCUT2D eigenvalue weighted by Gasteiger charge is 2.08. The summed E-state index contributed by atoms with van der Waals surface area (Å²) in [6.45, 7) is 2.24. The summed E-state index contributed by atoms with van der Waals surface area (Å²) in [7, 11) is 0. The third kappa shape index (κ3) is 5.12. The van der Waals surface area contributed by atoms with Crippen molar-refractivity contribution >= 4 is 26.7 Å². The molecule has 0 aliphatic carbocycles. The molecule has 0 fully saturated rings. The maximum atomic E-state index is 10.3. The first kappa shape index (κ1) is 16.5. The number of rotatable bonds is 8. The van der Waals surface area contributed by atoms with Gasteiger partial charge in [0.2, 0.25) is 0 Å². The molecule has 1 atom stereocenters. The number of hydrogen-bond acceptors (Lipinski definition) is 1. The summed E-state index contributed by atoms with van der Waals surface area (Å²) in [5.41, 5.74) is 1.04. The van der Waals surface area contributed by atoms with E-state index in [2.05, 4.69) is 53.2 Å². The zero-order chi connectivity index (χ0) is 15.1. The first-order chi connectivity index (χ1) is 10.2. The minimum atomic E-state index is -0.329. The van der Waals surface area contributed by atoms with Crippen LogP contribution in [0.2, 0.25) is 0 Å². The summed E-state index contributed by atoms with van der Waals surface area (Å²) < 4.78 is 1.09. The van der Waals surface area contributed by atoms with Crippen molar-refractivity contribution < 1.29 is 5.11 Å². The van der Waals surface area contributed by atoms with E-state index in [1.165, 1.54) is 42.9 Å². The van der Waals surface area contributed by atoms with Gasteiger partial charge in [-0.3, -0.25) is 0 Å². The monoisotopic (exact) mass is 348 g/mol. The maximum absolute atomic E-state index is 10.3. The van der Waals surface area contributed by atoms with Crippen LogP contribution in [0.5, 0.6) is 0 Å². The predicted octanol–water partition coefficient (Wildman–Crippen LogP) is 6.39. The lowest BCUT2D eigenvalue weighted by molar-refractivity contribution is 0.163. The molecule has 0 aliphatic heterocycles. The van der Waals surface area contributed by atoms with Gasteiger partial charge in [0.05, 0.1) is 6.10 Å². The Hall–Kier alpha value is -0.860. The fourth-order valence-electron chi connectivity index (χ4n) is 2.73. The normalized spacial score (nSPS) is 12.7. The van der Waals surface area contributed by atoms with Crippen LogP contribution in [0.3, 0.4) is 0 Å². The molecule has 0 amide bonds. The molecule has 0 aliphatic rings. The number of hydrogen-bond donors (Lipinski definition) is 1. The Morgan fingerprint density at radius 2 is 1.57 bits per heavy atom. The molecule has 114 valence electrons. The standard InChI is InChI=1S/C19H25BrO/c1-2-3-4-5-6-7-8-19(21)17-10-9-16-14-18(20)12-11-15(16)13-17/h9-14,19,21H,2-8H2,1H3. The molecular formula is C19H25BrO. The van der Waals surface area contributed by atoms with Crippen molar-refractivity contribution in [2.45, 2.75) is 58.0 Å². The van der Waals surface area contributed by atoms with Gasteiger partial charge in [0.15, 0.2) is 0 Å². The first-order valence-corrected chi connectivity index (χ1v) is 8.87. The number of halogens is 1. The second kappa shape index (κ2) is 8.55. The van der Waals surface area contributed by atoms with Crippen LogP contribution in [0.15, 0.2) is 40.9 Å². The van der Waals surface area contributed by atoms with Gasteiger partial charge in [0.25, 0.3) is 0 Å². The Labute approximate surface area is 136 Å². The molecule has 2 aromatic rings. The summed E-state index contributed by atoms with van der Waals surface area (Å²) in [5, 5.41) is 12.7. The molecule has 0 heterocycles. The highest BCUT2D eigenvalue weighted by atomic mass is 79.9. The summed E-state index contributed by atoms with van der Waals surface area (Å²) in [5.74, 6) is 0. The van der Waals surface area contributed by atoms with E-state index in [0.717, 1.165) is 22.9 Å². The Bertz CT molecular complexity index is 564. The lowest BCUT2D eigenvalue weighted by Crippen LogP contribution is -1.97. The van der Waals surface area contributed by atoms with Gasteiger partial charge in [-0.2, -0.15) is 0 Å². The molecule has 1 nitrogen and oxygen atoms in total. The van der Waals surface area contributed by atoms with E-state index in [9.17, 15) is 5.11 Å². The minimum absolute atomic E-state index is 0.329. The first-order valence-electron chi connectivity index (χ1n) is 8.08. The van der Waals surface area contributed by atoms with Crippen LogP contribution in [-0.2, 0) is 0 Å². The molecule has 1 N–H and O–H groups in total. The van der Waals surface area contributed by atoms with Crippen LogP contribution in [0.1, 0.15) is 63.5 Å². The van der Waals surface area contributed by atoms with Crippen molar-refractivity contribution in [3.8, 4) is 0 Å². The van der Waals surface area contributed by atoms with E-state index in [0.29, 0.717) is 0 Å². The van der Waals surface area contributed by atoms with Crippen LogP contribution in [0, 0.1) is 0 Å². The quantitative estimate of drug-likeness (QED) is 0.548. The largest absolute Gasteiger partial charge is 0.388 e. The fraction of sp³-hybridized carbons (Fsp3) is 0.474. The number of unbranched alkanes of at least 4 members (excludes halogenated alkanes) is 5. The fourth-order valence-corrected chi connectivity index (χ4v) is 3.11. The summed E-state index contributed by atoms with van der Waals surface area (Å²) >= 11 is 3.49. The molecule has 1 unspecified atom stereocenters. The number of benzene rings is 2. The van der Waals surface area contributed by atoms with Crippen LogP contribution < -0.4 is 0 Å². The maximum Gasteiger partial charge on any atom is 0.0790 e. The second-order valence-electron chi connectivity index (χ2n) is 5.82. The lowest BCUT2D eigenvalue weighted by atomic mass is 9.99. The smallest absolute Gasteiger partial charge is 0.0790 e. The number of aliphatic hydroxyl groups excluding tert-OH is 1. The van der Waals surface area contributed by atoms with Gasteiger partial charge in [-0.05, 0) is 41.0 Å². The summed E-state index contributed by atoms with van der Waals surface area (Å²) in [6, 6.07) is 12.5. The zero-order valence-corrected chi connectivity index (χ0v) is 14.4. The predicted molar refractivity (Wildman–Crippen MR) is 94.6 cm³/mol. The third-order valence-corrected chi connectivity index (χ3v) is 4.54. The average Bonchev–Trinajstić information content (AvgIpc) is 2.50. The Balaban J connectivity index is 1.87. The van der Waals surface area contributed by atoms with E-state index in [1.807, 2.05) is 6.07 Å². The van der Waals surface area contributed by atoms with Gasteiger partial charge < -0.3 is 5.11 Å². The van der Waals surface area contributed by atoms with Gasteiger partial charge in [0.1, 0.15) is 0 Å². The van der Waals surface area contributed by atoms with E-state index in [-0.39, 0.29) is 6.10 Å². The van der Waals surface area contributed by atoms with Crippen molar-refractivity contribution in [3.63, 3.8) is 0 Å². The average molecular weight is 349 g/mol. The van der Waals surface area contributed by atoms with Gasteiger partial charge >= 0.3 is 0 Å². The van der Waals surface area contributed by atoms with Gasteiger partial charge in [0, 0.05) is 4.47 Å². The van der Waals surface area contributed by atoms with Crippen LogP contribution in [0.4, 0.5) is 0 Å². The Kier molecular flexibility index (Phi) is 6.72. The molecular weight excluding hydrogens is 324 g/mol. The zero-order valence-electron chi connectivity index (χ0n) is 12.8.